The highest BCUT2D eigenvalue weighted by Crippen LogP contribution is 2.30. The quantitative estimate of drug-likeness (QED) is 0.440. The molecule has 1 aromatic heterocycles. The van der Waals surface area contributed by atoms with Crippen molar-refractivity contribution in [2.24, 2.45) is 0 Å². The zero-order chi connectivity index (χ0) is 17.9. The van der Waals surface area contributed by atoms with Gasteiger partial charge in [-0.3, -0.25) is 4.79 Å². The number of fused-ring (bicyclic) bond motifs is 1. The Labute approximate surface area is 149 Å². The molecule has 0 unspecified atom stereocenters. The fraction of sp³-hybridized carbons (Fsp3) is 0.0455. The molecule has 0 saturated carbocycles. The second kappa shape index (κ2) is 6.84. The zero-order valence-corrected chi connectivity index (χ0v) is 13.8. The number of hydrogen-bond donors (Lipinski definition) is 0. The van der Waals surface area contributed by atoms with Crippen molar-refractivity contribution in [1.82, 2.24) is 0 Å². The van der Waals surface area contributed by atoms with Gasteiger partial charge in [0.2, 0.25) is 0 Å². The highest BCUT2D eigenvalue weighted by molar-refractivity contribution is 5.84. The molecule has 0 spiro atoms. The van der Waals surface area contributed by atoms with Gasteiger partial charge < -0.3 is 9.15 Å². The summed E-state index contributed by atoms with van der Waals surface area (Å²) in [5, 5.41) is 0.869. The Kier molecular flexibility index (Phi) is 4.23. The number of rotatable bonds is 5. The molecule has 4 aromatic rings. The Morgan fingerprint density at radius 1 is 0.962 bits per heavy atom. The maximum absolute atomic E-state index is 14.2. The molecule has 0 fully saturated rings. The molecule has 0 N–H and O–H groups in total. The van der Waals surface area contributed by atoms with Crippen LogP contribution in [0.3, 0.4) is 0 Å². The summed E-state index contributed by atoms with van der Waals surface area (Å²) < 4.78 is 25.7. The molecule has 0 amide bonds. The van der Waals surface area contributed by atoms with E-state index in [1.165, 1.54) is 6.07 Å². The van der Waals surface area contributed by atoms with Gasteiger partial charge in [0.05, 0.1) is 5.56 Å². The third-order valence-corrected chi connectivity index (χ3v) is 4.12. The van der Waals surface area contributed by atoms with E-state index in [-0.39, 0.29) is 0 Å². The molecule has 26 heavy (non-hydrogen) atoms. The molecule has 0 saturated heterocycles. The number of halogens is 1. The first-order valence-corrected chi connectivity index (χ1v) is 8.18. The molecule has 3 nitrogen and oxygen atoms in total. The molecule has 0 aliphatic carbocycles. The fourth-order valence-corrected chi connectivity index (χ4v) is 2.80. The van der Waals surface area contributed by atoms with E-state index in [2.05, 4.69) is 0 Å². The van der Waals surface area contributed by atoms with Crippen LogP contribution in [0.2, 0.25) is 0 Å². The Bertz CT molecular complexity index is 1070. The van der Waals surface area contributed by atoms with Crippen molar-refractivity contribution >= 4 is 17.3 Å². The van der Waals surface area contributed by atoms with Gasteiger partial charge in [0.25, 0.3) is 0 Å². The summed E-state index contributed by atoms with van der Waals surface area (Å²) in [5.41, 5.74) is 2.28. The topological polar surface area (TPSA) is 39.4 Å². The standard InChI is InChI=1S/C22H15FO3/c23-20-11-15(13-24)6-8-19(20)22-12-17-10-16(7-9-21(17)26-22)14-25-18-4-2-1-3-5-18/h1-13H,14H2. The first-order chi connectivity index (χ1) is 12.7. The van der Waals surface area contributed by atoms with E-state index in [0.29, 0.717) is 35.4 Å². The predicted octanol–water partition coefficient (Wildman–Crippen LogP) is 5.63. The number of ether oxygens (including phenoxy) is 1. The largest absolute Gasteiger partial charge is 0.489 e. The van der Waals surface area contributed by atoms with Gasteiger partial charge in [-0.2, -0.15) is 0 Å². The average molecular weight is 346 g/mol. The van der Waals surface area contributed by atoms with Crippen molar-refractivity contribution in [2.45, 2.75) is 6.61 Å². The van der Waals surface area contributed by atoms with Crippen molar-refractivity contribution in [2.75, 3.05) is 0 Å². The van der Waals surface area contributed by atoms with Gasteiger partial charge in [0.15, 0.2) is 0 Å². The van der Waals surface area contributed by atoms with E-state index < -0.39 is 5.82 Å². The van der Waals surface area contributed by atoms with Crippen molar-refractivity contribution in [1.29, 1.82) is 0 Å². The summed E-state index contributed by atoms with van der Waals surface area (Å²) in [4.78, 5) is 10.7. The SMILES string of the molecule is O=Cc1ccc(-c2cc3cc(COc4ccccc4)ccc3o2)c(F)c1. The van der Waals surface area contributed by atoms with Crippen molar-refractivity contribution in [3.05, 3.63) is 89.7 Å². The van der Waals surface area contributed by atoms with Crippen molar-refractivity contribution in [3.8, 4) is 17.1 Å². The van der Waals surface area contributed by atoms with Gasteiger partial charge in [-0.1, -0.05) is 30.3 Å². The molecule has 0 bridgehead atoms. The number of aldehydes is 1. The second-order valence-corrected chi connectivity index (χ2v) is 5.94. The van der Waals surface area contributed by atoms with Crippen molar-refractivity contribution in [3.63, 3.8) is 0 Å². The van der Waals surface area contributed by atoms with Gasteiger partial charge in [0, 0.05) is 10.9 Å². The lowest BCUT2D eigenvalue weighted by Crippen LogP contribution is -1.94. The van der Waals surface area contributed by atoms with Gasteiger partial charge in [-0.25, -0.2) is 4.39 Å². The first-order valence-electron chi connectivity index (χ1n) is 8.18. The molecular weight excluding hydrogens is 331 g/mol. The maximum Gasteiger partial charge on any atom is 0.150 e. The average Bonchev–Trinajstić information content (AvgIpc) is 3.10. The molecule has 4 heteroatoms. The number of carbonyl (C=O) groups excluding carboxylic acids is 1. The van der Waals surface area contributed by atoms with E-state index in [9.17, 15) is 9.18 Å². The van der Waals surface area contributed by atoms with Crippen molar-refractivity contribution < 1.29 is 18.3 Å². The summed E-state index contributed by atoms with van der Waals surface area (Å²) in [5.74, 6) is 0.746. The van der Waals surface area contributed by atoms with Crippen LogP contribution in [0.5, 0.6) is 5.75 Å². The zero-order valence-electron chi connectivity index (χ0n) is 13.8. The van der Waals surface area contributed by atoms with Gasteiger partial charge in [0.1, 0.15) is 35.8 Å². The minimum Gasteiger partial charge on any atom is -0.489 e. The second-order valence-electron chi connectivity index (χ2n) is 5.94. The molecule has 128 valence electrons. The molecule has 0 aliphatic rings. The lowest BCUT2D eigenvalue weighted by molar-refractivity contribution is 0.112. The summed E-state index contributed by atoms with van der Waals surface area (Å²) in [6, 6.07) is 21.4. The van der Waals surface area contributed by atoms with Gasteiger partial charge in [-0.05, 0) is 48.0 Å². The summed E-state index contributed by atoms with van der Waals surface area (Å²) in [6.07, 6.45) is 0.616. The van der Waals surface area contributed by atoms with Crippen LogP contribution in [0.4, 0.5) is 4.39 Å². The number of benzene rings is 3. The first kappa shape index (κ1) is 16.1. The van der Waals surface area contributed by atoms with Crippen LogP contribution < -0.4 is 4.74 Å². The third-order valence-electron chi connectivity index (χ3n) is 4.12. The van der Waals surface area contributed by atoms with Crippen LogP contribution in [-0.4, -0.2) is 6.29 Å². The van der Waals surface area contributed by atoms with Crippen LogP contribution >= 0.6 is 0 Å². The fourth-order valence-electron chi connectivity index (χ4n) is 2.80. The minimum absolute atomic E-state index is 0.294. The number of carbonyl (C=O) groups is 1. The molecule has 4 rings (SSSR count). The highest BCUT2D eigenvalue weighted by atomic mass is 19.1. The van der Waals surface area contributed by atoms with Crippen LogP contribution in [0.15, 0.2) is 77.2 Å². The molecule has 3 aromatic carbocycles. The van der Waals surface area contributed by atoms with E-state index in [1.807, 2.05) is 48.5 Å². The number of hydrogen-bond acceptors (Lipinski definition) is 3. The van der Waals surface area contributed by atoms with E-state index in [0.717, 1.165) is 16.7 Å². The third kappa shape index (κ3) is 3.22. The Balaban J connectivity index is 1.60. The van der Waals surface area contributed by atoms with Crippen LogP contribution in [-0.2, 0) is 6.61 Å². The number of furan rings is 1. The van der Waals surface area contributed by atoms with Crippen LogP contribution in [0.25, 0.3) is 22.3 Å². The van der Waals surface area contributed by atoms with E-state index >= 15 is 0 Å². The monoisotopic (exact) mass is 346 g/mol. The summed E-state index contributed by atoms with van der Waals surface area (Å²) >= 11 is 0. The smallest absolute Gasteiger partial charge is 0.150 e. The van der Waals surface area contributed by atoms with E-state index in [1.54, 1.807) is 18.2 Å². The van der Waals surface area contributed by atoms with E-state index in [4.69, 9.17) is 9.15 Å². The normalized spacial score (nSPS) is 10.8. The van der Waals surface area contributed by atoms with Crippen LogP contribution in [0.1, 0.15) is 15.9 Å². The molecule has 0 radical (unpaired) electrons. The Morgan fingerprint density at radius 2 is 1.81 bits per heavy atom. The van der Waals surface area contributed by atoms with Gasteiger partial charge in [-0.15, -0.1) is 0 Å². The van der Waals surface area contributed by atoms with Crippen LogP contribution in [0, 0.1) is 5.82 Å². The predicted molar refractivity (Wildman–Crippen MR) is 97.8 cm³/mol. The minimum atomic E-state index is -0.485. The molecule has 0 atom stereocenters. The Hall–Kier alpha value is -3.40. The summed E-state index contributed by atoms with van der Waals surface area (Å²) in [6.45, 7) is 0.433. The van der Waals surface area contributed by atoms with Gasteiger partial charge >= 0.3 is 0 Å². The maximum atomic E-state index is 14.2. The summed E-state index contributed by atoms with van der Waals surface area (Å²) in [7, 11) is 0. The molecule has 1 heterocycles. The lowest BCUT2D eigenvalue weighted by Gasteiger charge is -2.05. The Morgan fingerprint density at radius 3 is 2.58 bits per heavy atom. The lowest BCUT2D eigenvalue weighted by atomic mass is 10.1. The highest BCUT2D eigenvalue weighted by Gasteiger charge is 2.12. The number of para-hydroxylation sites is 1. The molecular formula is C22H15FO3. The molecule has 0 aliphatic heterocycles.